The van der Waals surface area contributed by atoms with E-state index in [0.717, 1.165) is 23.7 Å². The molecule has 1 unspecified atom stereocenters. The van der Waals surface area contributed by atoms with Crippen molar-refractivity contribution >= 4 is 0 Å². The fourth-order valence-corrected chi connectivity index (χ4v) is 1.75. The zero-order valence-electron chi connectivity index (χ0n) is 9.60. The number of aliphatic hydroxyl groups excluding tert-OH is 1. The van der Waals surface area contributed by atoms with Gasteiger partial charge in [-0.3, -0.25) is 4.98 Å². The minimum absolute atomic E-state index is 0.437. The van der Waals surface area contributed by atoms with Gasteiger partial charge in [-0.15, -0.1) is 0 Å². The van der Waals surface area contributed by atoms with Crippen molar-refractivity contribution in [2.24, 2.45) is 0 Å². The molecule has 2 nitrogen and oxygen atoms in total. The van der Waals surface area contributed by atoms with E-state index in [1.165, 1.54) is 12.3 Å². The molecule has 2 aromatic rings. The van der Waals surface area contributed by atoms with E-state index < -0.39 is 11.9 Å². The van der Waals surface area contributed by atoms with E-state index in [4.69, 9.17) is 0 Å². The zero-order chi connectivity index (χ0) is 12.3. The summed E-state index contributed by atoms with van der Waals surface area (Å²) in [6.07, 6.45) is 2.68. The van der Waals surface area contributed by atoms with Gasteiger partial charge in [-0.2, -0.15) is 0 Å². The third-order valence-electron chi connectivity index (χ3n) is 2.72. The molecule has 2 rings (SSSR count). The van der Waals surface area contributed by atoms with E-state index in [0.29, 0.717) is 5.56 Å². The minimum atomic E-state index is -0.829. The number of rotatable bonds is 3. The van der Waals surface area contributed by atoms with Gasteiger partial charge in [0.05, 0.1) is 6.20 Å². The predicted molar refractivity (Wildman–Crippen MR) is 64.1 cm³/mol. The SMILES string of the molecule is CCc1cccc(C(O)c2cncc(F)c2)c1. The van der Waals surface area contributed by atoms with Crippen LogP contribution in [-0.4, -0.2) is 10.1 Å². The summed E-state index contributed by atoms with van der Waals surface area (Å²) >= 11 is 0. The number of hydrogen-bond acceptors (Lipinski definition) is 2. The van der Waals surface area contributed by atoms with Crippen LogP contribution in [0, 0.1) is 5.82 Å². The van der Waals surface area contributed by atoms with Crippen LogP contribution >= 0.6 is 0 Å². The maximum atomic E-state index is 13.0. The highest BCUT2D eigenvalue weighted by molar-refractivity contribution is 5.31. The Morgan fingerprint density at radius 2 is 2.06 bits per heavy atom. The maximum Gasteiger partial charge on any atom is 0.141 e. The van der Waals surface area contributed by atoms with Gasteiger partial charge in [0.2, 0.25) is 0 Å². The fourth-order valence-electron chi connectivity index (χ4n) is 1.75. The molecular formula is C14H14FNO. The number of nitrogens with zero attached hydrogens (tertiary/aromatic N) is 1. The molecule has 0 aliphatic carbocycles. The molecular weight excluding hydrogens is 217 g/mol. The van der Waals surface area contributed by atoms with Crippen LogP contribution < -0.4 is 0 Å². The summed E-state index contributed by atoms with van der Waals surface area (Å²) in [5.74, 6) is -0.437. The van der Waals surface area contributed by atoms with Crippen LogP contribution in [-0.2, 0) is 6.42 Å². The smallest absolute Gasteiger partial charge is 0.141 e. The Balaban J connectivity index is 2.33. The molecule has 0 bridgehead atoms. The molecule has 1 aromatic carbocycles. The van der Waals surface area contributed by atoms with E-state index >= 15 is 0 Å². The Hall–Kier alpha value is -1.74. The van der Waals surface area contributed by atoms with Gasteiger partial charge in [0.15, 0.2) is 0 Å². The monoisotopic (exact) mass is 231 g/mol. The lowest BCUT2D eigenvalue weighted by Gasteiger charge is -2.12. The molecule has 0 aliphatic heterocycles. The van der Waals surface area contributed by atoms with Gasteiger partial charge in [0.1, 0.15) is 11.9 Å². The Bertz CT molecular complexity index is 513. The van der Waals surface area contributed by atoms with Crippen LogP contribution in [0.2, 0.25) is 0 Å². The second kappa shape index (κ2) is 5.06. The van der Waals surface area contributed by atoms with E-state index in [9.17, 15) is 9.50 Å². The second-order valence-electron chi connectivity index (χ2n) is 3.94. The summed E-state index contributed by atoms with van der Waals surface area (Å²) in [6, 6.07) is 8.95. The first-order valence-electron chi connectivity index (χ1n) is 5.58. The number of aliphatic hydroxyl groups is 1. The fraction of sp³-hybridized carbons (Fsp3) is 0.214. The average Bonchev–Trinajstić information content (AvgIpc) is 2.38. The molecule has 3 heteroatoms. The second-order valence-corrected chi connectivity index (χ2v) is 3.94. The molecule has 0 radical (unpaired) electrons. The molecule has 1 atom stereocenters. The standard InChI is InChI=1S/C14H14FNO/c1-2-10-4-3-5-11(6-10)14(17)12-7-13(15)9-16-8-12/h3-9,14,17H,2H2,1H3. The summed E-state index contributed by atoms with van der Waals surface area (Å²) in [5, 5.41) is 10.1. The third kappa shape index (κ3) is 2.68. The normalized spacial score (nSPS) is 12.4. The van der Waals surface area contributed by atoms with Gasteiger partial charge >= 0.3 is 0 Å². The largest absolute Gasteiger partial charge is 0.384 e. The summed E-state index contributed by atoms with van der Waals surface area (Å²) in [5.41, 5.74) is 2.38. The topological polar surface area (TPSA) is 33.1 Å². The number of halogens is 1. The van der Waals surface area contributed by atoms with Crippen molar-refractivity contribution in [1.29, 1.82) is 0 Å². The molecule has 0 aliphatic rings. The van der Waals surface area contributed by atoms with Gasteiger partial charge in [-0.1, -0.05) is 31.2 Å². The Morgan fingerprint density at radius 1 is 1.24 bits per heavy atom. The average molecular weight is 231 g/mol. The van der Waals surface area contributed by atoms with Crippen LogP contribution in [0.3, 0.4) is 0 Å². The molecule has 17 heavy (non-hydrogen) atoms. The van der Waals surface area contributed by atoms with Crippen molar-refractivity contribution in [3.8, 4) is 0 Å². The van der Waals surface area contributed by atoms with Crippen molar-refractivity contribution in [3.63, 3.8) is 0 Å². The summed E-state index contributed by atoms with van der Waals surface area (Å²) in [6.45, 7) is 2.05. The number of aromatic nitrogens is 1. The van der Waals surface area contributed by atoms with Crippen molar-refractivity contribution < 1.29 is 9.50 Å². The van der Waals surface area contributed by atoms with Gasteiger partial charge in [-0.25, -0.2) is 4.39 Å². The first-order chi connectivity index (χ1) is 8.20. The van der Waals surface area contributed by atoms with Crippen LogP contribution in [0.25, 0.3) is 0 Å². The minimum Gasteiger partial charge on any atom is -0.384 e. The quantitative estimate of drug-likeness (QED) is 0.881. The lowest BCUT2D eigenvalue weighted by Crippen LogP contribution is -2.01. The number of aryl methyl sites for hydroxylation is 1. The highest BCUT2D eigenvalue weighted by atomic mass is 19.1. The lowest BCUT2D eigenvalue weighted by atomic mass is 10.0. The molecule has 0 saturated carbocycles. The van der Waals surface area contributed by atoms with Gasteiger partial charge in [0.25, 0.3) is 0 Å². The van der Waals surface area contributed by atoms with Crippen molar-refractivity contribution in [1.82, 2.24) is 4.98 Å². The van der Waals surface area contributed by atoms with E-state index in [1.807, 2.05) is 24.3 Å². The third-order valence-corrected chi connectivity index (χ3v) is 2.72. The molecule has 0 spiro atoms. The number of benzene rings is 1. The van der Waals surface area contributed by atoms with E-state index in [2.05, 4.69) is 11.9 Å². The molecule has 1 aromatic heterocycles. The number of pyridine rings is 1. The van der Waals surface area contributed by atoms with Gasteiger partial charge < -0.3 is 5.11 Å². The molecule has 88 valence electrons. The lowest BCUT2D eigenvalue weighted by molar-refractivity contribution is 0.219. The first-order valence-corrected chi connectivity index (χ1v) is 5.58. The maximum absolute atomic E-state index is 13.0. The highest BCUT2D eigenvalue weighted by Crippen LogP contribution is 2.22. The summed E-state index contributed by atoms with van der Waals surface area (Å²) in [7, 11) is 0. The number of hydrogen-bond donors (Lipinski definition) is 1. The highest BCUT2D eigenvalue weighted by Gasteiger charge is 2.11. The first kappa shape index (κ1) is 11.7. The Labute approximate surface area is 99.8 Å². The zero-order valence-corrected chi connectivity index (χ0v) is 9.60. The molecule has 1 heterocycles. The van der Waals surface area contributed by atoms with Gasteiger partial charge in [0, 0.05) is 11.8 Å². The Kier molecular flexibility index (Phi) is 3.49. The van der Waals surface area contributed by atoms with Crippen molar-refractivity contribution in [2.75, 3.05) is 0 Å². The summed E-state index contributed by atoms with van der Waals surface area (Å²) < 4.78 is 13.0. The molecule has 1 N–H and O–H groups in total. The van der Waals surface area contributed by atoms with Crippen LogP contribution in [0.1, 0.15) is 29.7 Å². The van der Waals surface area contributed by atoms with Crippen LogP contribution in [0.4, 0.5) is 4.39 Å². The van der Waals surface area contributed by atoms with Crippen LogP contribution in [0.5, 0.6) is 0 Å². The molecule has 0 saturated heterocycles. The molecule has 0 amide bonds. The van der Waals surface area contributed by atoms with E-state index in [-0.39, 0.29) is 0 Å². The predicted octanol–water partition coefficient (Wildman–Crippen LogP) is 2.86. The molecule has 0 fully saturated rings. The van der Waals surface area contributed by atoms with Crippen molar-refractivity contribution in [3.05, 3.63) is 65.2 Å². The Morgan fingerprint density at radius 3 is 2.76 bits per heavy atom. The van der Waals surface area contributed by atoms with Gasteiger partial charge in [-0.05, 0) is 23.6 Å². The van der Waals surface area contributed by atoms with E-state index in [1.54, 1.807) is 0 Å². The van der Waals surface area contributed by atoms with Crippen molar-refractivity contribution in [2.45, 2.75) is 19.4 Å². The summed E-state index contributed by atoms with van der Waals surface area (Å²) in [4.78, 5) is 3.74. The van der Waals surface area contributed by atoms with Crippen LogP contribution in [0.15, 0.2) is 42.7 Å².